The number of benzene rings is 2. The molecule has 22 heavy (non-hydrogen) atoms. The van der Waals surface area contributed by atoms with Crippen LogP contribution in [0, 0.1) is 0 Å². The van der Waals surface area contributed by atoms with Crippen LogP contribution < -0.4 is 0 Å². The number of para-hydroxylation sites is 1. The Labute approximate surface area is 126 Å². The molecule has 3 aromatic rings. The number of fused-ring (bicyclic) bond motifs is 1. The third-order valence-corrected chi connectivity index (χ3v) is 3.56. The molecule has 3 rings (SSSR count). The minimum absolute atomic E-state index is 0.624. The molecule has 0 atom stereocenters. The van der Waals surface area contributed by atoms with E-state index in [0.717, 1.165) is 29.6 Å². The molecule has 0 saturated carbocycles. The zero-order valence-electron chi connectivity index (χ0n) is 11.7. The number of aromatic amines is 1. The molecule has 1 nitrogen and oxygen atoms in total. The Kier molecular flexibility index (Phi) is 3.75. The highest BCUT2D eigenvalue weighted by Gasteiger charge is 2.29. The molecular weight excluding hydrogens is 287 g/mol. The predicted molar refractivity (Wildman–Crippen MR) is 82.5 cm³/mol. The number of aromatic nitrogens is 1. The van der Waals surface area contributed by atoms with Gasteiger partial charge in [-0.05, 0) is 35.7 Å². The maximum absolute atomic E-state index is 12.5. The number of allylic oxidation sites excluding steroid dienone is 1. The van der Waals surface area contributed by atoms with Gasteiger partial charge in [0.15, 0.2) is 0 Å². The smallest absolute Gasteiger partial charge is 0.361 e. The molecule has 0 aliphatic heterocycles. The molecule has 0 amide bonds. The number of hydrogen-bond acceptors (Lipinski definition) is 0. The molecule has 0 fully saturated rings. The normalized spacial score (nSPS) is 12.3. The topological polar surface area (TPSA) is 15.8 Å². The minimum Gasteiger partial charge on any atom is -0.361 e. The fourth-order valence-corrected chi connectivity index (χ4v) is 2.41. The summed E-state index contributed by atoms with van der Waals surface area (Å²) in [6, 6.07) is 13.2. The van der Waals surface area contributed by atoms with Crippen LogP contribution in [0.5, 0.6) is 0 Å². The lowest BCUT2D eigenvalue weighted by molar-refractivity contribution is -0.137. The van der Waals surface area contributed by atoms with Crippen LogP contribution in [0.25, 0.3) is 17.0 Å². The first-order chi connectivity index (χ1) is 10.5. The van der Waals surface area contributed by atoms with Crippen molar-refractivity contribution in [2.24, 2.45) is 0 Å². The molecule has 0 bridgehead atoms. The Bertz CT molecular complexity index is 795. The Hall–Kier alpha value is -2.49. The van der Waals surface area contributed by atoms with Crippen LogP contribution in [0.1, 0.15) is 16.7 Å². The molecule has 2 aromatic carbocycles. The third kappa shape index (κ3) is 3.06. The van der Waals surface area contributed by atoms with Gasteiger partial charge in [-0.3, -0.25) is 0 Å². The monoisotopic (exact) mass is 301 g/mol. The minimum atomic E-state index is -4.29. The van der Waals surface area contributed by atoms with Crippen LogP contribution in [0.2, 0.25) is 0 Å². The van der Waals surface area contributed by atoms with Crippen molar-refractivity contribution in [3.05, 3.63) is 77.5 Å². The largest absolute Gasteiger partial charge is 0.416 e. The first kappa shape index (κ1) is 14.4. The molecule has 0 unspecified atom stereocenters. The van der Waals surface area contributed by atoms with Crippen molar-refractivity contribution in [3.8, 4) is 0 Å². The van der Waals surface area contributed by atoms with Crippen LogP contribution >= 0.6 is 0 Å². The molecule has 0 aliphatic carbocycles. The van der Waals surface area contributed by atoms with Crippen LogP contribution in [0.4, 0.5) is 13.2 Å². The van der Waals surface area contributed by atoms with Gasteiger partial charge in [-0.1, -0.05) is 42.5 Å². The van der Waals surface area contributed by atoms with Crippen LogP contribution in [-0.4, -0.2) is 4.98 Å². The van der Waals surface area contributed by atoms with Gasteiger partial charge in [0.05, 0.1) is 5.56 Å². The van der Waals surface area contributed by atoms with E-state index >= 15 is 0 Å². The summed E-state index contributed by atoms with van der Waals surface area (Å²) in [7, 11) is 0. The Morgan fingerprint density at radius 3 is 2.41 bits per heavy atom. The van der Waals surface area contributed by atoms with Crippen LogP contribution in [-0.2, 0) is 12.6 Å². The molecular formula is C18H14F3N. The van der Waals surface area contributed by atoms with Gasteiger partial charge in [0.1, 0.15) is 0 Å². The van der Waals surface area contributed by atoms with E-state index in [1.165, 1.54) is 23.1 Å². The van der Waals surface area contributed by atoms with Crippen molar-refractivity contribution in [3.63, 3.8) is 0 Å². The summed E-state index contributed by atoms with van der Waals surface area (Å²) in [6.45, 7) is 0. The Balaban J connectivity index is 1.72. The molecule has 1 heterocycles. The highest BCUT2D eigenvalue weighted by Crippen LogP contribution is 2.29. The second kappa shape index (κ2) is 5.72. The summed E-state index contributed by atoms with van der Waals surface area (Å²) in [5, 5.41) is 1.17. The quantitative estimate of drug-likeness (QED) is 0.662. The fraction of sp³-hybridized carbons (Fsp3) is 0.111. The predicted octanol–water partition coefficient (Wildman–Crippen LogP) is 5.44. The third-order valence-electron chi connectivity index (χ3n) is 3.56. The molecule has 0 spiro atoms. The number of nitrogens with one attached hydrogen (secondary N) is 1. The number of halogens is 3. The zero-order chi connectivity index (χ0) is 15.6. The van der Waals surface area contributed by atoms with Gasteiger partial charge in [0.25, 0.3) is 0 Å². The van der Waals surface area contributed by atoms with Gasteiger partial charge >= 0.3 is 6.18 Å². The molecule has 4 heteroatoms. The Morgan fingerprint density at radius 1 is 0.955 bits per heavy atom. The van der Waals surface area contributed by atoms with Crippen molar-refractivity contribution < 1.29 is 13.2 Å². The van der Waals surface area contributed by atoms with Crippen LogP contribution in [0.15, 0.2) is 60.8 Å². The van der Waals surface area contributed by atoms with E-state index in [-0.39, 0.29) is 0 Å². The summed E-state index contributed by atoms with van der Waals surface area (Å²) >= 11 is 0. The van der Waals surface area contributed by atoms with Gasteiger partial charge in [-0.2, -0.15) is 13.2 Å². The maximum atomic E-state index is 12.5. The summed E-state index contributed by atoms with van der Waals surface area (Å²) in [5.74, 6) is 0. The highest BCUT2D eigenvalue weighted by molar-refractivity contribution is 5.83. The molecule has 1 N–H and O–H groups in total. The van der Waals surface area contributed by atoms with E-state index in [9.17, 15) is 13.2 Å². The average Bonchev–Trinajstić information content (AvgIpc) is 2.90. The number of hydrogen-bond donors (Lipinski definition) is 1. The number of rotatable bonds is 3. The van der Waals surface area contributed by atoms with Crippen molar-refractivity contribution in [2.75, 3.05) is 0 Å². The van der Waals surface area contributed by atoms with Gasteiger partial charge in [-0.25, -0.2) is 0 Å². The lowest BCUT2D eigenvalue weighted by atomic mass is 10.1. The van der Waals surface area contributed by atoms with Gasteiger partial charge in [0, 0.05) is 17.1 Å². The van der Waals surface area contributed by atoms with Crippen molar-refractivity contribution in [1.29, 1.82) is 0 Å². The summed E-state index contributed by atoms with van der Waals surface area (Å²) in [6.07, 6.45) is 2.19. The van der Waals surface area contributed by atoms with Crippen molar-refractivity contribution >= 4 is 17.0 Å². The van der Waals surface area contributed by atoms with E-state index in [2.05, 4.69) is 4.98 Å². The lowest BCUT2D eigenvalue weighted by Crippen LogP contribution is -2.03. The lowest BCUT2D eigenvalue weighted by Gasteiger charge is -2.05. The molecule has 0 saturated heterocycles. The Morgan fingerprint density at radius 2 is 1.68 bits per heavy atom. The number of H-pyrrole nitrogens is 1. The fourth-order valence-electron chi connectivity index (χ4n) is 2.41. The number of alkyl halides is 3. The van der Waals surface area contributed by atoms with Gasteiger partial charge < -0.3 is 4.98 Å². The summed E-state index contributed by atoms with van der Waals surface area (Å²) < 4.78 is 37.5. The summed E-state index contributed by atoms with van der Waals surface area (Å²) in [5.41, 5.74) is 2.38. The van der Waals surface area contributed by atoms with E-state index in [4.69, 9.17) is 0 Å². The SMILES string of the molecule is FC(F)(F)c1ccc(/C=C/Cc2c[nH]c3ccccc23)cc1. The molecule has 0 radical (unpaired) electrons. The standard InChI is InChI=1S/C18H14F3N/c19-18(20,21)15-10-8-13(9-11-15)4-3-5-14-12-22-17-7-2-1-6-16(14)17/h1-4,6-12,22H,5H2/b4-3+. The molecule has 1 aromatic heterocycles. The van der Waals surface area contributed by atoms with E-state index < -0.39 is 11.7 Å². The molecule has 0 aliphatic rings. The second-order valence-corrected chi connectivity index (χ2v) is 5.09. The highest BCUT2D eigenvalue weighted by atomic mass is 19.4. The second-order valence-electron chi connectivity index (χ2n) is 5.09. The van der Waals surface area contributed by atoms with Gasteiger partial charge in [-0.15, -0.1) is 0 Å². The van der Waals surface area contributed by atoms with E-state index in [1.807, 2.05) is 42.6 Å². The first-order valence-corrected chi connectivity index (χ1v) is 6.93. The van der Waals surface area contributed by atoms with E-state index in [0.29, 0.717) is 0 Å². The average molecular weight is 301 g/mol. The van der Waals surface area contributed by atoms with Crippen molar-refractivity contribution in [1.82, 2.24) is 4.98 Å². The first-order valence-electron chi connectivity index (χ1n) is 6.93. The van der Waals surface area contributed by atoms with Gasteiger partial charge in [0.2, 0.25) is 0 Å². The van der Waals surface area contributed by atoms with Crippen LogP contribution in [0.3, 0.4) is 0 Å². The van der Waals surface area contributed by atoms with Crippen molar-refractivity contribution in [2.45, 2.75) is 12.6 Å². The molecule has 112 valence electrons. The van der Waals surface area contributed by atoms with E-state index in [1.54, 1.807) is 0 Å². The summed E-state index contributed by atoms with van der Waals surface area (Å²) in [4.78, 5) is 3.20. The zero-order valence-corrected chi connectivity index (χ0v) is 11.7. The maximum Gasteiger partial charge on any atom is 0.416 e.